The van der Waals surface area contributed by atoms with Crippen LogP contribution in [0.15, 0.2) is 10.5 Å². The smallest absolute Gasteiger partial charge is 0.0478 e. The highest BCUT2D eigenvalue weighted by molar-refractivity contribution is 9.10. The Hall–Kier alpha value is 0.1000. The summed E-state index contributed by atoms with van der Waals surface area (Å²) in [5, 5.41) is 3.43. The van der Waals surface area contributed by atoms with Crippen molar-refractivity contribution < 1.29 is 4.74 Å². The van der Waals surface area contributed by atoms with Gasteiger partial charge < -0.3 is 10.1 Å². The van der Waals surface area contributed by atoms with Crippen LogP contribution >= 0.6 is 27.3 Å². The van der Waals surface area contributed by atoms with E-state index in [9.17, 15) is 0 Å². The van der Waals surface area contributed by atoms with Crippen LogP contribution in [-0.4, -0.2) is 19.8 Å². The Morgan fingerprint density at radius 1 is 1.44 bits per heavy atom. The van der Waals surface area contributed by atoms with E-state index >= 15 is 0 Å². The van der Waals surface area contributed by atoms with Gasteiger partial charge in [-0.05, 0) is 48.3 Å². The van der Waals surface area contributed by atoms with Crippen molar-refractivity contribution in [3.8, 4) is 0 Å². The minimum atomic E-state index is 0.869. The van der Waals surface area contributed by atoms with Gasteiger partial charge in [0.05, 0.1) is 0 Å². The summed E-state index contributed by atoms with van der Waals surface area (Å²) in [6.07, 6.45) is 2.20. The second kappa shape index (κ2) is 8.23. The highest BCUT2D eigenvalue weighted by Gasteiger charge is 2.01. The van der Waals surface area contributed by atoms with Crippen molar-refractivity contribution >= 4 is 27.3 Å². The van der Waals surface area contributed by atoms with Crippen LogP contribution in [0.1, 0.15) is 29.5 Å². The molecule has 0 aliphatic heterocycles. The van der Waals surface area contributed by atoms with Gasteiger partial charge in [0.2, 0.25) is 0 Å². The van der Waals surface area contributed by atoms with E-state index in [1.54, 1.807) is 0 Å². The van der Waals surface area contributed by atoms with Crippen LogP contribution in [0.25, 0.3) is 0 Å². The van der Waals surface area contributed by atoms with Crippen LogP contribution in [0.3, 0.4) is 0 Å². The third-order valence-corrected chi connectivity index (χ3v) is 4.33. The van der Waals surface area contributed by atoms with E-state index in [-0.39, 0.29) is 0 Å². The van der Waals surface area contributed by atoms with Gasteiger partial charge in [0.15, 0.2) is 0 Å². The summed E-state index contributed by atoms with van der Waals surface area (Å²) >= 11 is 5.38. The molecule has 0 unspecified atom stereocenters. The van der Waals surface area contributed by atoms with Gasteiger partial charge in [0.1, 0.15) is 0 Å². The number of hydrogen-bond donors (Lipinski definition) is 1. The van der Waals surface area contributed by atoms with Crippen molar-refractivity contribution in [2.45, 2.75) is 33.2 Å². The Balaban J connectivity index is 2.03. The predicted octanol–water partition coefficient (Wildman–Crippen LogP) is 3.73. The maximum Gasteiger partial charge on any atom is 0.0478 e. The molecule has 2 nitrogen and oxygen atoms in total. The van der Waals surface area contributed by atoms with Gasteiger partial charge in [-0.1, -0.05) is 6.92 Å². The van der Waals surface area contributed by atoms with Gasteiger partial charge >= 0.3 is 0 Å². The molecular formula is C12H20BrNOS. The van der Waals surface area contributed by atoms with E-state index in [4.69, 9.17) is 4.74 Å². The van der Waals surface area contributed by atoms with Gasteiger partial charge in [-0.2, -0.15) is 0 Å². The second-order valence-corrected chi connectivity index (χ2v) is 5.95. The van der Waals surface area contributed by atoms with E-state index in [1.165, 1.54) is 14.2 Å². The molecule has 1 rings (SSSR count). The predicted molar refractivity (Wildman–Crippen MR) is 74.2 cm³/mol. The first-order valence-electron chi connectivity index (χ1n) is 5.77. The van der Waals surface area contributed by atoms with E-state index in [0.29, 0.717) is 0 Å². The summed E-state index contributed by atoms with van der Waals surface area (Å²) in [6, 6.07) is 2.20. The highest BCUT2D eigenvalue weighted by Crippen LogP contribution is 2.25. The molecule has 1 N–H and O–H groups in total. The zero-order valence-electron chi connectivity index (χ0n) is 10.0. The molecule has 0 fully saturated rings. The zero-order valence-corrected chi connectivity index (χ0v) is 12.4. The third kappa shape index (κ3) is 5.43. The van der Waals surface area contributed by atoms with Crippen LogP contribution in [0, 0.1) is 6.92 Å². The van der Waals surface area contributed by atoms with Crippen molar-refractivity contribution in [1.82, 2.24) is 5.32 Å². The molecule has 0 saturated heterocycles. The van der Waals surface area contributed by atoms with Gasteiger partial charge in [0.25, 0.3) is 0 Å². The normalized spacial score (nSPS) is 10.9. The molecule has 1 aromatic rings. The summed E-state index contributed by atoms with van der Waals surface area (Å²) in [5.74, 6) is 0. The lowest BCUT2D eigenvalue weighted by molar-refractivity contribution is 0.132. The topological polar surface area (TPSA) is 21.3 Å². The molecule has 0 aliphatic rings. The first kappa shape index (κ1) is 14.2. The van der Waals surface area contributed by atoms with Crippen molar-refractivity contribution in [1.29, 1.82) is 0 Å². The Morgan fingerprint density at radius 3 is 2.88 bits per heavy atom. The number of rotatable bonds is 8. The first-order valence-corrected chi connectivity index (χ1v) is 7.38. The van der Waals surface area contributed by atoms with Crippen LogP contribution in [0.5, 0.6) is 0 Å². The molecule has 0 aromatic carbocycles. The van der Waals surface area contributed by atoms with Crippen LogP contribution in [-0.2, 0) is 11.3 Å². The molecule has 16 heavy (non-hydrogen) atoms. The fourth-order valence-corrected chi connectivity index (χ4v) is 2.93. The Bertz CT molecular complexity index is 282. The fraction of sp³-hybridized carbons (Fsp3) is 0.667. The van der Waals surface area contributed by atoms with E-state index < -0.39 is 0 Å². The molecule has 0 saturated carbocycles. The van der Waals surface area contributed by atoms with Gasteiger partial charge in [-0.25, -0.2) is 0 Å². The van der Waals surface area contributed by atoms with Crippen LogP contribution in [0.4, 0.5) is 0 Å². The average Bonchev–Trinajstić information content (AvgIpc) is 2.57. The number of thiophene rings is 1. The third-order valence-electron chi connectivity index (χ3n) is 2.20. The van der Waals surface area contributed by atoms with Crippen molar-refractivity contribution in [3.05, 3.63) is 20.3 Å². The number of hydrogen-bond acceptors (Lipinski definition) is 3. The first-order chi connectivity index (χ1) is 7.74. The average molecular weight is 306 g/mol. The maximum atomic E-state index is 5.41. The maximum absolute atomic E-state index is 5.41. The number of aryl methyl sites for hydroxylation is 1. The lowest BCUT2D eigenvalue weighted by Crippen LogP contribution is -2.15. The number of halogens is 1. The molecule has 0 radical (unpaired) electrons. The molecule has 1 heterocycles. The van der Waals surface area contributed by atoms with Crippen LogP contribution in [0.2, 0.25) is 0 Å². The number of ether oxygens (including phenoxy) is 1. The number of nitrogens with one attached hydrogen (secondary N) is 1. The fourth-order valence-electron chi connectivity index (χ4n) is 1.36. The molecule has 4 heteroatoms. The lowest BCUT2D eigenvalue weighted by atomic mass is 10.4. The largest absolute Gasteiger partial charge is 0.381 e. The highest BCUT2D eigenvalue weighted by atomic mass is 79.9. The molecule has 0 spiro atoms. The molecule has 92 valence electrons. The Kier molecular flexibility index (Phi) is 7.28. The van der Waals surface area contributed by atoms with Crippen molar-refractivity contribution in [2.75, 3.05) is 19.8 Å². The van der Waals surface area contributed by atoms with Gasteiger partial charge in [-0.15, -0.1) is 11.3 Å². The summed E-state index contributed by atoms with van der Waals surface area (Å²) in [5.41, 5.74) is 0. The Labute approximate surface area is 111 Å². The van der Waals surface area contributed by atoms with Crippen LogP contribution < -0.4 is 5.32 Å². The molecule has 0 amide bonds. The molecular weight excluding hydrogens is 286 g/mol. The van der Waals surface area contributed by atoms with Gasteiger partial charge in [0, 0.05) is 34.0 Å². The summed E-state index contributed by atoms with van der Waals surface area (Å²) < 4.78 is 6.64. The monoisotopic (exact) mass is 305 g/mol. The molecule has 0 atom stereocenters. The zero-order chi connectivity index (χ0) is 11.8. The van der Waals surface area contributed by atoms with Gasteiger partial charge in [-0.3, -0.25) is 0 Å². The van der Waals surface area contributed by atoms with E-state index in [1.807, 2.05) is 11.3 Å². The second-order valence-electron chi connectivity index (χ2n) is 3.76. The minimum Gasteiger partial charge on any atom is -0.381 e. The SMILES string of the molecule is CCCOCCCNCc1cc(Br)c(C)s1. The summed E-state index contributed by atoms with van der Waals surface area (Å²) in [4.78, 5) is 2.74. The van der Waals surface area contributed by atoms with E-state index in [0.717, 1.165) is 39.1 Å². The molecule has 0 aliphatic carbocycles. The van der Waals surface area contributed by atoms with Crippen molar-refractivity contribution in [2.24, 2.45) is 0 Å². The summed E-state index contributed by atoms with van der Waals surface area (Å²) in [7, 11) is 0. The molecule has 0 bridgehead atoms. The summed E-state index contributed by atoms with van der Waals surface area (Å²) in [6.45, 7) is 8.01. The lowest BCUT2D eigenvalue weighted by Gasteiger charge is -2.03. The minimum absolute atomic E-state index is 0.869. The Morgan fingerprint density at radius 2 is 2.25 bits per heavy atom. The van der Waals surface area contributed by atoms with Crippen molar-refractivity contribution in [3.63, 3.8) is 0 Å². The van der Waals surface area contributed by atoms with E-state index in [2.05, 4.69) is 41.2 Å². The quantitative estimate of drug-likeness (QED) is 0.739. The molecule has 1 aromatic heterocycles. The standard InChI is InChI=1S/C12H20BrNOS/c1-3-6-15-7-4-5-14-9-11-8-12(13)10(2)16-11/h8,14H,3-7,9H2,1-2H3.